The predicted octanol–water partition coefficient (Wildman–Crippen LogP) is 2.40. The highest BCUT2D eigenvalue weighted by molar-refractivity contribution is 5.81. The Labute approximate surface area is 190 Å². The van der Waals surface area contributed by atoms with Gasteiger partial charge in [-0.3, -0.25) is 0 Å². The summed E-state index contributed by atoms with van der Waals surface area (Å²) in [6, 6.07) is 0. The summed E-state index contributed by atoms with van der Waals surface area (Å²) in [4.78, 5) is 33.1. The van der Waals surface area contributed by atoms with Gasteiger partial charge < -0.3 is 28.4 Å². The molecule has 0 spiro atoms. The highest BCUT2D eigenvalue weighted by Gasteiger charge is 2.26. The van der Waals surface area contributed by atoms with Gasteiger partial charge in [0, 0.05) is 62.7 Å². The molecule has 9 heteroatoms. The van der Waals surface area contributed by atoms with Gasteiger partial charge >= 0.3 is 17.9 Å². The van der Waals surface area contributed by atoms with Gasteiger partial charge in [-0.25, -0.2) is 14.4 Å². The van der Waals surface area contributed by atoms with Gasteiger partial charge in [-0.2, -0.15) is 0 Å². The number of esters is 3. The van der Waals surface area contributed by atoms with E-state index in [9.17, 15) is 14.4 Å². The summed E-state index contributed by atoms with van der Waals surface area (Å²) in [5, 5.41) is 0. The fourth-order valence-electron chi connectivity index (χ4n) is 2.26. The molecule has 0 N–H and O–H groups in total. The summed E-state index contributed by atoms with van der Waals surface area (Å²) >= 11 is 0. The van der Waals surface area contributed by atoms with E-state index < -0.39 is 23.3 Å². The van der Waals surface area contributed by atoms with Crippen LogP contribution in [0.5, 0.6) is 0 Å². The van der Waals surface area contributed by atoms with Crippen molar-refractivity contribution in [3.63, 3.8) is 0 Å². The molecule has 0 amide bonds. The average molecular weight is 457 g/mol. The molecule has 0 aliphatic carbocycles. The zero-order valence-electron chi connectivity index (χ0n) is 19.0. The first-order valence-corrected chi connectivity index (χ1v) is 10.5. The van der Waals surface area contributed by atoms with Crippen LogP contribution in [0, 0.1) is 5.41 Å². The molecule has 0 heterocycles. The highest BCUT2D eigenvalue weighted by Crippen LogP contribution is 2.19. The first-order chi connectivity index (χ1) is 15.4. The summed E-state index contributed by atoms with van der Waals surface area (Å²) in [5.74, 6) is -1.39. The Kier molecular flexibility index (Phi) is 17.7. The summed E-state index contributed by atoms with van der Waals surface area (Å²) < 4.78 is 31.9. The molecular formula is C23H36O9. The van der Waals surface area contributed by atoms with Gasteiger partial charge in [-0.05, 0) is 0 Å². The second kappa shape index (κ2) is 19.2. The Morgan fingerprint density at radius 2 is 0.875 bits per heavy atom. The zero-order chi connectivity index (χ0) is 24.1. The third-order valence-electron chi connectivity index (χ3n) is 3.88. The van der Waals surface area contributed by atoms with E-state index in [1.54, 1.807) is 0 Å². The Bertz CT molecular complexity index is 507. The average Bonchev–Trinajstić information content (AvgIpc) is 2.80. The van der Waals surface area contributed by atoms with E-state index in [2.05, 4.69) is 19.7 Å². The lowest BCUT2D eigenvalue weighted by Crippen LogP contribution is -2.35. The normalized spacial score (nSPS) is 10.8. The van der Waals surface area contributed by atoms with Crippen LogP contribution in [0.25, 0.3) is 0 Å². The van der Waals surface area contributed by atoms with Crippen molar-refractivity contribution in [2.75, 3.05) is 59.5 Å². The van der Waals surface area contributed by atoms with Crippen LogP contribution < -0.4 is 0 Å². The second-order valence-electron chi connectivity index (χ2n) is 7.14. The minimum absolute atomic E-state index is 0.251. The molecule has 9 nitrogen and oxygen atoms in total. The zero-order valence-corrected chi connectivity index (χ0v) is 19.0. The fourth-order valence-corrected chi connectivity index (χ4v) is 2.26. The molecule has 0 saturated carbocycles. The molecule has 0 aromatic heterocycles. The van der Waals surface area contributed by atoms with Crippen LogP contribution >= 0.6 is 0 Å². The Hall–Kier alpha value is -2.49. The topological polar surface area (TPSA) is 107 Å². The number of ether oxygens (including phenoxy) is 6. The first kappa shape index (κ1) is 29.5. The van der Waals surface area contributed by atoms with Crippen molar-refractivity contribution in [1.29, 1.82) is 0 Å². The molecule has 0 aromatic carbocycles. The molecule has 0 unspecified atom stereocenters. The molecule has 0 atom stereocenters. The lowest BCUT2D eigenvalue weighted by atomic mass is 9.94. The number of rotatable bonds is 21. The molecule has 0 aliphatic rings. The van der Waals surface area contributed by atoms with Crippen LogP contribution in [0.1, 0.15) is 26.2 Å². The standard InChI is InChI=1S/C23H36O9/c1-5-20(24)30-14-8-11-27-17-23(4,18-28-12-9-15-31-21(25)6-2)19-29-13-10-16-32-22(26)7-3/h5-7H,1-3,8-19H2,4H3. The van der Waals surface area contributed by atoms with E-state index in [0.717, 1.165) is 18.2 Å². The molecule has 0 bridgehead atoms. The Morgan fingerprint density at radius 1 is 0.594 bits per heavy atom. The minimum Gasteiger partial charge on any atom is -0.462 e. The van der Waals surface area contributed by atoms with Gasteiger partial charge in [0.2, 0.25) is 0 Å². The smallest absolute Gasteiger partial charge is 0.330 e. The van der Waals surface area contributed by atoms with Crippen LogP contribution in [0.3, 0.4) is 0 Å². The monoisotopic (exact) mass is 456 g/mol. The highest BCUT2D eigenvalue weighted by atomic mass is 16.5. The molecule has 0 radical (unpaired) electrons. The Balaban J connectivity index is 4.27. The van der Waals surface area contributed by atoms with Crippen molar-refractivity contribution in [1.82, 2.24) is 0 Å². The largest absolute Gasteiger partial charge is 0.462 e. The number of hydrogen-bond donors (Lipinski definition) is 0. The van der Waals surface area contributed by atoms with Crippen molar-refractivity contribution in [2.24, 2.45) is 5.41 Å². The SMILES string of the molecule is C=CC(=O)OCCCOCC(C)(COCCCOC(=O)C=C)COCCCOC(=O)C=C. The van der Waals surface area contributed by atoms with Crippen molar-refractivity contribution >= 4 is 17.9 Å². The summed E-state index contributed by atoms with van der Waals surface area (Å²) in [6.45, 7) is 15.1. The summed E-state index contributed by atoms with van der Waals surface area (Å²) in [7, 11) is 0. The molecule has 0 saturated heterocycles. The second-order valence-corrected chi connectivity index (χ2v) is 7.14. The molecule has 32 heavy (non-hydrogen) atoms. The van der Waals surface area contributed by atoms with Crippen LogP contribution in [0.15, 0.2) is 38.0 Å². The lowest BCUT2D eigenvalue weighted by molar-refractivity contribution is -0.139. The van der Waals surface area contributed by atoms with Gasteiger partial charge in [0.25, 0.3) is 0 Å². The third-order valence-corrected chi connectivity index (χ3v) is 3.88. The number of carbonyl (C=O) groups is 3. The van der Waals surface area contributed by atoms with Gasteiger partial charge in [0.1, 0.15) is 0 Å². The van der Waals surface area contributed by atoms with Crippen LogP contribution in [-0.4, -0.2) is 77.4 Å². The molecule has 0 aliphatic heterocycles. The minimum atomic E-state index is -0.464. The molecule has 0 fully saturated rings. The van der Waals surface area contributed by atoms with Crippen molar-refractivity contribution < 1.29 is 42.8 Å². The van der Waals surface area contributed by atoms with E-state index >= 15 is 0 Å². The van der Waals surface area contributed by atoms with Crippen molar-refractivity contribution in [3.8, 4) is 0 Å². The van der Waals surface area contributed by atoms with Gasteiger partial charge in [-0.1, -0.05) is 26.7 Å². The maximum absolute atomic E-state index is 11.0. The molecule has 182 valence electrons. The first-order valence-electron chi connectivity index (χ1n) is 10.5. The predicted molar refractivity (Wildman–Crippen MR) is 118 cm³/mol. The molecular weight excluding hydrogens is 420 g/mol. The third kappa shape index (κ3) is 17.2. The van der Waals surface area contributed by atoms with E-state index in [0.29, 0.717) is 58.9 Å². The number of hydrogen-bond acceptors (Lipinski definition) is 9. The lowest BCUT2D eigenvalue weighted by Gasteiger charge is -2.29. The fraction of sp³-hybridized carbons (Fsp3) is 0.609. The van der Waals surface area contributed by atoms with Crippen molar-refractivity contribution in [3.05, 3.63) is 38.0 Å². The summed E-state index contributed by atoms with van der Waals surface area (Å²) in [6.07, 6.45) is 5.01. The maximum atomic E-state index is 11.0. The maximum Gasteiger partial charge on any atom is 0.330 e. The van der Waals surface area contributed by atoms with Crippen LogP contribution in [-0.2, 0) is 42.8 Å². The quantitative estimate of drug-likeness (QED) is 0.111. The number of carbonyl (C=O) groups excluding carboxylic acids is 3. The van der Waals surface area contributed by atoms with E-state index in [1.807, 2.05) is 6.92 Å². The van der Waals surface area contributed by atoms with Crippen LogP contribution in [0.2, 0.25) is 0 Å². The Morgan fingerprint density at radius 3 is 1.12 bits per heavy atom. The van der Waals surface area contributed by atoms with Crippen molar-refractivity contribution in [2.45, 2.75) is 26.2 Å². The van der Waals surface area contributed by atoms with Gasteiger partial charge in [-0.15, -0.1) is 0 Å². The molecule has 0 aromatic rings. The summed E-state index contributed by atoms with van der Waals surface area (Å²) in [5.41, 5.74) is -0.423. The van der Waals surface area contributed by atoms with Crippen LogP contribution in [0.4, 0.5) is 0 Å². The van der Waals surface area contributed by atoms with Gasteiger partial charge in [0.05, 0.1) is 39.6 Å². The van der Waals surface area contributed by atoms with E-state index in [4.69, 9.17) is 28.4 Å². The van der Waals surface area contributed by atoms with E-state index in [-0.39, 0.29) is 19.8 Å². The van der Waals surface area contributed by atoms with E-state index in [1.165, 1.54) is 0 Å². The van der Waals surface area contributed by atoms with Gasteiger partial charge in [0.15, 0.2) is 0 Å². The molecule has 0 rings (SSSR count).